The molecule has 2 saturated carbocycles. The minimum absolute atomic E-state index is 0.110. The topological polar surface area (TPSA) is 94.9 Å². The van der Waals surface area contributed by atoms with Crippen molar-refractivity contribution >= 4 is 23.3 Å². The van der Waals surface area contributed by atoms with E-state index in [1.54, 1.807) is 6.20 Å². The Balaban J connectivity index is 1.07. The number of likely N-dealkylation sites (tertiary alicyclic amines) is 1. The van der Waals surface area contributed by atoms with Crippen LogP contribution in [0.3, 0.4) is 0 Å². The van der Waals surface area contributed by atoms with Gasteiger partial charge in [0, 0.05) is 43.8 Å². The summed E-state index contributed by atoms with van der Waals surface area (Å²) in [6, 6.07) is 0. The van der Waals surface area contributed by atoms with Gasteiger partial charge in [0.05, 0.1) is 35.8 Å². The van der Waals surface area contributed by atoms with Crippen LogP contribution in [0.25, 0.3) is 0 Å². The van der Waals surface area contributed by atoms with Gasteiger partial charge in [-0.25, -0.2) is 4.98 Å². The molecule has 8 nitrogen and oxygen atoms in total. The van der Waals surface area contributed by atoms with Crippen LogP contribution < -0.4 is 10.7 Å². The molecule has 0 radical (unpaired) electrons. The van der Waals surface area contributed by atoms with E-state index < -0.39 is 11.6 Å². The van der Waals surface area contributed by atoms with Crippen LogP contribution in [0, 0.1) is 29.1 Å². The fraction of sp³-hybridized carbons (Fsp3) is 0.750. The van der Waals surface area contributed by atoms with Crippen molar-refractivity contribution in [2.75, 3.05) is 31.5 Å². The van der Waals surface area contributed by atoms with Gasteiger partial charge in [-0.05, 0) is 43.9 Å². The number of amides is 1. The van der Waals surface area contributed by atoms with Gasteiger partial charge < -0.3 is 10.2 Å². The highest BCUT2D eigenvalue weighted by Crippen LogP contribution is 2.57. The lowest BCUT2D eigenvalue weighted by Gasteiger charge is -2.39. The largest absolute Gasteiger partial charge is 0.396 e. The zero-order valence-corrected chi connectivity index (χ0v) is 23.1. The van der Waals surface area contributed by atoms with Gasteiger partial charge in [0.25, 0.3) is 0 Å². The number of hydrazone groups is 1. The summed E-state index contributed by atoms with van der Waals surface area (Å²) in [7, 11) is 0. The van der Waals surface area contributed by atoms with Crippen LogP contribution in [0.15, 0.2) is 22.5 Å². The summed E-state index contributed by atoms with van der Waals surface area (Å²) in [5.74, 6) is 3.23. The smallest absolute Gasteiger partial charge is 0.368 e. The average Bonchev–Trinajstić information content (AvgIpc) is 3.61. The third kappa shape index (κ3) is 5.91. The number of halogens is 3. The molecule has 4 atom stereocenters. The van der Waals surface area contributed by atoms with E-state index in [4.69, 9.17) is 4.99 Å². The monoisotopic (exact) mass is 547 g/mol. The van der Waals surface area contributed by atoms with Crippen molar-refractivity contribution in [2.24, 2.45) is 39.2 Å². The minimum Gasteiger partial charge on any atom is -0.368 e. The zero-order chi connectivity index (χ0) is 27.8. The molecule has 1 aromatic heterocycles. The molecule has 1 aromatic rings. The average molecular weight is 548 g/mol. The quantitative estimate of drug-likeness (QED) is 0.430. The lowest BCUT2D eigenvalue weighted by atomic mass is 9.89. The summed E-state index contributed by atoms with van der Waals surface area (Å²) in [4.78, 5) is 28.4. The summed E-state index contributed by atoms with van der Waals surface area (Å²) < 4.78 is 39.4. The number of amidine groups is 1. The lowest BCUT2D eigenvalue weighted by molar-refractivity contribution is -0.182. The first kappa shape index (κ1) is 27.8. The van der Waals surface area contributed by atoms with E-state index in [0.29, 0.717) is 55.5 Å². The van der Waals surface area contributed by atoms with E-state index in [-0.39, 0.29) is 31.2 Å². The molecule has 0 aromatic carbocycles. The molecule has 1 amide bonds. The van der Waals surface area contributed by atoms with Gasteiger partial charge >= 0.3 is 6.18 Å². The van der Waals surface area contributed by atoms with Gasteiger partial charge in [0.1, 0.15) is 11.7 Å². The molecule has 3 fully saturated rings. The first-order valence-corrected chi connectivity index (χ1v) is 14.4. The Kier molecular flexibility index (Phi) is 7.88. The maximum absolute atomic E-state index is 13.1. The molecule has 5 rings (SSSR count). The number of anilines is 1. The van der Waals surface area contributed by atoms with Crippen LogP contribution in [0.4, 0.5) is 19.0 Å². The van der Waals surface area contributed by atoms with Gasteiger partial charge in [-0.2, -0.15) is 18.3 Å². The maximum atomic E-state index is 13.1. The number of nitrogens with one attached hydrogen (secondary N) is 2. The molecule has 0 spiro atoms. The van der Waals surface area contributed by atoms with E-state index >= 15 is 0 Å². The van der Waals surface area contributed by atoms with Crippen molar-refractivity contribution in [2.45, 2.75) is 77.8 Å². The van der Waals surface area contributed by atoms with Crippen molar-refractivity contribution in [3.63, 3.8) is 0 Å². The number of nitrogens with zero attached hydrogens (tertiary/aromatic N) is 5. The first-order chi connectivity index (χ1) is 18.6. The summed E-state index contributed by atoms with van der Waals surface area (Å²) in [5.41, 5.74) is 3.43. The number of rotatable bonds is 10. The number of hydrogen-bond donors (Lipinski definition) is 2. The molecule has 0 bridgehead atoms. The zero-order valence-electron chi connectivity index (χ0n) is 23.1. The van der Waals surface area contributed by atoms with E-state index in [2.05, 4.69) is 46.6 Å². The molecule has 11 heteroatoms. The predicted molar refractivity (Wildman–Crippen MR) is 145 cm³/mol. The number of aliphatic imine (C=N–C) groups is 1. The molecule has 39 heavy (non-hydrogen) atoms. The number of carbonyl (C=O) groups excluding carboxylic acids is 1. The Morgan fingerprint density at radius 3 is 2.46 bits per heavy atom. The second-order valence-corrected chi connectivity index (χ2v) is 12.0. The van der Waals surface area contributed by atoms with Crippen molar-refractivity contribution in [1.82, 2.24) is 20.3 Å². The number of aromatic nitrogens is 2. The second-order valence-electron chi connectivity index (χ2n) is 12.0. The third-order valence-electron chi connectivity index (χ3n) is 9.47. The normalized spacial score (nSPS) is 27.2. The molecule has 4 aliphatic rings. The van der Waals surface area contributed by atoms with Crippen LogP contribution in [0.5, 0.6) is 0 Å². The van der Waals surface area contributed by atoms with Crippen LogP contribution in [-0.4, -0.2) is 64.7 Å². The van der Waals surface area contributed by atoms with Crippen LogP contribution in [0.2, 0.25) is 0 Å². The van der Waals surface area contributed by atoms with Gasteiger partial charge in [-0.3, -0.25) is 20.2 Å². The van der Waals surface area contributed by atoms with Gasteiger partial charge in [0.15, 0.2) is 0 Å². The Bertz CT molecular complexity index is 1090. The minimum atomic E-state index is -4.20. The lowest BCUT2D eigenvalue weighted by Crippen LogP contribution is -2.49. The van der Waals surface area contributed by atoms with E-state index in [1.807, 2.05) is 4.90 Å². The Morgan fingerprint density at radius 2 is 1.90 bits per heavy atom. The molecule has 2 N–H and O–H groups in total. The van der Waals surface area contributed by atoms with Crippen LogP contribution in [-0.2, 0) is 4.79 Å². The third-order valence-corrected chi connectivity index (χ3v) is 9.47. The predicted octanol–water partition coefficient (Wildman–Crippen LogP) is 5.00. The second kappa shape index (κ2) is 11.0. The molecule has 2 aliphatic heterocycles. The van der Waals surface area contributed by atoms with E-state index in [0.717, 1.165) is 42.9 Å². The highest BCUT2D eigenvalue weighted by atomic mass is 19.4. The van der Waals surface area contributed by atoms with Crippen molar-refractivity contribution in [1.29, 1.82) is 0 Å². The molecule has 214 valence electrons. The number of alkyl halides is 3. The van der Waals surface area contributed by atoms with Crippen LogP contribution >= 0.6 is 0 Å². The highest BCUT2D eigenvalue weighted by Gasteiger charge is 2.62. The first-order valence-electron chi connectivity index (χ1n) is 14.4. The Morgan fingerprint density at radius 1 is 1.15 bits per heavy atom. The van der Waals surface area contributed by atoms with E-state index in [9.17, 15) is 18.0 Å². The summed E-state index contributed by atoms with van der Waals surface area (Å²) >= 11 is 0. The molecular weight excluding hydrogens is 507 g/mol. The molecular formula is C28H40F3N7O. The summed E-state index contributed by atoms with van der Waals surface area (Å²) in [5, 5.41) is 7.46. The molecule has 1 saturated heterocycles. The van der Waals surface area contributed by atoms with Crippen molar-refractivity contribution in [3.05, 3.63) is 18.1 Å². The van der Waals surface area contributed by atoms with E-state index in [1.165, 1.54) is 6.20 Å². The fourth-order valence-corrected chi connectivity index (χ4v) is 6.11. The molecule has 4 unspecified atom stereocenters. The fourth-order valence-electron chi connectivity index (χ4n) is 6.11. The standard InChI is InChI=1S/C28H40F3N7O/c1-4-17(3)26-34-12-23(36-37-26)20-8-18(5-2)19(9-20)10-25(39)38-14-21(15-38)22-11-33-24(13-32-22)35-16-27(6-7-27)28(29,30)31/h11,13,17-21H,4-10,12,14-16H2,1-3H3,(H,33,35)(H,34,37). The van der Waals surface area contributed by atoms with Crippen molar-refractivity contribution in [3.8, 4) is 0 Å². The number of hydrogen-bond acceptors (Lipinski definition) is 7. The number of carbonyl (C=O) groups is 1. The Hall–Kier alpha value is -2.72. The highest BCUT2D eigenvalue weighted by molar-refractivity contribution is 5.96. The molecule has 3 heterocycles. The van der Waals surface area contributed by atoms with Crippen molar-refractivity contribution < 1.29 is 18.0 Å². The molecule has 2 aliphatic carbocycles. The maximum Gasteiger partial charge on any atom is 0.396 e. The van der Waals surface area contributed by atoms with Gasteiger partial charge in [0.2, 0.25) is 5.91 Å². The summed E-state index contributed by atoms with van der Waals surface area (Å²) in [6.45, 7) is 8.20. The van der Waals surface area contributed by atoms with Gasteiger partial charge in [-0.1, -0.05) is 27.2 Å². The van der Waals surface area contributed by atoms with Crippen LogP contribution in [0.1, 0.15) is 77.3 Å². The Labute approximate surface area is 228 Å². The summed E-state index contributed by atoms with van der Waals surface area (Å²) in [6.07, 6.45) is 3.90. The SMILES string of the molecule is CCC(C)C1=NCC(C2CC(CC)C(CC(=O)N3CC(c4cnc(NCC5(C(F)(F)F)CC5)cn4)C3)C2)=NN1. The van der Waals surface area contributed by atoms with Gasteiger partial charge in [-0.15, -0.1) is 0 Å².